The Kier molecular flexibility index (Phi) is 4.41. The molecule has 0 atom stereocenters. The lowest BCUT2D eigenvalue weighted by atomic mass is 10.2. The molecule has 1 heterocycles. The predicted octanol–water partition coefficient (Wildman–Crippen LogP) is 2.79. The lowest BCUT2D eigenvalue weighted by Gasteiger charge is -2.09. The Morgan fingerprint density at radius 3 is 2.67 bits per heavy atom. The van der Waals surface area contributed by atoms with Crippen LogP contribution in [0.4, 0.5) is 0 Å². The number of rotatable bonds is 5. The SMILES string of the molecule is COc1cnc(SC)nc1OCc1ccccc1. The Morgan fingerprint density at radius 1 is 1.22 bits per heavy atom. The van der Waals surface area contributed by atoms with Crippen LogP contribution in [0, 0.1) is 0 Å². The maximum atomic E-state index is 5.67. The molecule has 4 nitrogen and oxygen atoms in total. The highest BCUT2D eigenvalue weighted by molar-refractivity contribution is 7.98. The molecule has 0 saturated carbocycles. The monoisotopic (exact) mass is 262 g/mol. The molecule has 1 aromatic carbocycles. The maximum Gasteiger partial charge on any atom is 0.261 e. The number of ether oxygens (including phenoxy) is 2. The highest BCUT2D eigenvalue weighted by atomic mass is 32.2. The number of aromatic nitrogens is 2. The van der Waals surface area contributed by atoms with Gasteiger partial charge in [-0.15, -0.1) is 0 Å². The van der Waals surface area contributed by atoms with E-state index in [-0.39, 0.29) is 0 Å². The second-order valence-corrected chi connectivity index (χ2v) is 4.28. The largest absolute Gasteiger partial charge is 0.490 e. The Morgan fingerprint density at radius 2 is 2.00 bits per heavy atom. The van der Waals surface area contributed by atoms with E-state index in [1.54, 1.807) is 13.3 Å². The molecule has 0 unspecified atom stereocenters. The van der Waals surface area contributed by atoms with Crippen LogP contribution in [0.15, 0.2) is 41.7 Å². The van der Waals surface area contributed by atoms with Crippen molar-refractivity contribution >= 4 is 11.8 Å². The van der Waals surface area contributed by atoms with Crippen LogP contribution >= 0.6 is 11.8 Å². The van der Waals surface area contributed by atoms with E-state index >= 15 is 0 Å². The van der Waals surface area contributed by atoms with Gasteiger partial charge < -0.3 is 9.47 Å². The summed E-state index contributed by atoms with van der Waals surface area (Å²) >= 11 is 1.47. The van der Waals surface area contributed by atoms with Crippen molar-refractivity contribution in [1.82, 2.24) is 9.97 Å². The van der Waals surface area contributed by atoms with E-state index < -0.39 is 0 Å². The van der Waals surface area contributed by atoms with E-state index in [1.165, 1.54) is 11.8 Å². The van der Waals surface area contributed by atoms with Crippen molar-refractivity contribution in [3.8, 4) is 11.6 Å². The van der Waals surface area contributed by atoms with Gasteiger partial charge in [-0.3, -0.25) is 0 Å². The van der Waals surface area contributed by atoms with E-state index in [9.17, 15) is 0 Å². The van der Waals surface area contributed by atoms with Crippen LogP contribution in [-0.4, -0.2) is 23.3 Å². The molecular weight excluding hydrogens is 248 g/mol. The van der Waals surface area contributed by atoms with Gasteiger partial charge in [0, 0.05) is 0 Å². The second-order valence-electron chi connectivity index (χ2n) is 3.50. The van der Waals surface area contributed by atoms with Crippen molar-refractivity contribution in [3.05, 3.63) is 42.1 Å². The number of nitrogens with zero attached hydrogens (tertiary/aromatic N) is 2. The highest BCUT2D eigenvalue weighted by Crippen LogP contribution is 2.26. The first kappa shape index (κ1) is 12.7. The molecule has 5 heteroatoms. The minimum Gasteiger partial charge on any atom is -0.490 e. The molecule has 94 valence electrons. The van der Waals surface area contributed by atoms with Crippen LogP contribution in [0.3, 0.4) is 0 Å². The summed E-state index contributed by atoms with van der Waals surface area (Å²) in [4.78, 5) is 8.41. The highest BCUT2D eigenvalue weighted by Gasteiger charge is 2.08. The Balaban J connectivity index is 2.12. The molecule has 0 fully saturated rings. The van der Waals surface area contributed by atoms with Crippen molar-refractivity contribution in [1.29, 1.82) is 0 Å². The third kappa shape index (κ3) is 3.13. The molecule has 1 aromatic heterocycles. The first-order chi connectivity index (χ1) is 8.83. The van der Waals surface area contributed by atoms with E-state index in [1.807, 2.05) is 36.6 Å². The number of hydrogen-bond donors (Lipinski definition) is 0. The summed E-state index contributed by atoms with van der Waals surface area (Å²) < 4.78 is 10.8. The quantitative estimate of drug-likeness (QED) is 0.612. The zero-order chi connectivity index (χ0) is 12.8. The lowest BCUT2D eigenvalue weighted by Crippen LogP contribution is -2.01. The molecule has 18 heavy (non-hydrogen) atoms. The topological polar surface area (TPSA) is 44.2 Å². The molecule has 0 spiro atoms. The van der Waals surface area contributed by atoms with E-state index in [2.05, 4.69) is 9.97 Å². The third-order valence-corrected chi connectivity index (χ3v) is 2.88. The van der Waals surface area contributed by atoms with Gasteiger partial charge >= 0.3 is 0 Å². The summed E-state index contributed by atoms with van der Waals surface area (Å²) in [5.74, 6) is 1.02. The van der Waals surface area contributed by atoms with Crippen molar-refractivity contribution < 1.29 is 9.47 Å². The number of methoxy groups -OCH3 is 1. The van der Waals surface area contributed by atoms with Gasteiger partial charge in [-0.05, 0) is 11.8 Å². The number of hydrogen-bond acceptors (Lipinski definition) is 5. The Bertz CT molecular complexity index is 506. The van der Waals surface area contributed by atoms with Gasteiger partial charge in [0.05, 0.1) is 13.3 Å². The summed E-state index contributed by atoms with van der Waals surface area (Å²) in [6.07, 6.45) is 3.54. The van der Waals surface area contributed by atoms with Gasteiger partial charge in [0.15, 0.2) is 10.9 Å². The van der Waals surface area contributed by atoms with E-state index in [4.69, 9.17) is 9.47 Å². The van der Waals surface area contributed by atoms with Crippen LogP contribution < -0.4 is 9.47 Å². The fraction of sp³-hybridized carbons (Fsp3) is 0.231. The zero-order valence-electron chi connectivity index (χ0n) is 10.3. The summed E-state index contributed by atoms with van der Waals surface area (Å²) in [6, 6.07) is 9.93. The van der Waals surface area contributed by atoms with Gasteiger partial charge in [-0.25, -0.2) is 4.98 Å². The molecule has 0 saturated heterocycles. The molecule has 2 aromatic rings. The van der Waals surface area contributed by atoms with Gasteiger partial charge in [-0.1, -0.05) is 42.1 Å². The molecule has 0 N–H and O–H groups in total. The van der Waals surface area contributed by atoms with Crippen LogP contribution in [0.5, 0.6) is 11.6 Å². The predicted molar refractivity (Wildman–Crippen MR) is 71.1 cm³/mol. The Labute approximate surface area is 110 Å². The second kappa shape index (κ2) is 6.26. The first-order valence-electron chi connectivity index (χ1n) is 5.45. The first-order valence-corrected chi connectivity index (χ1v) is 6.67. The van der Waals surface area contributed by atoms with Gasteiger partial charge in [-0.2, -0.15) is 4.98 Å². The standard InChI is InChI=1S/C13H14N2O2S/c1-16-11-8-14-13(18-2)15-12(11)17-9-10-6-4-3-5-7-10/h3-8H,9H2,1-2H3. The summed E-state index contributed by atoms with van der Waals surface area (Å²) in [6.45, 7) is 0.460. The van der Waals surface area contributed by atoms with E-state index in [0.717, 1.165) is 5.56 Å². The van der Waals surface area contributed by atoms with Crippen LogP contribution in [0.25, 0.3) is 0 Å². The van der Waals surface area contributed by atoms with Crippen LogP contribution in [-0.2, 0) is 6.61 Å². The normalized spacial score (nSPS) is 10.1. The molecule has 0 bridgehead atoms. The van der Waals surface area contributed by atoms with Gasteiger partial charge in [0.25, 0.3) is 5.88 Å². The van der Waals surface area contributed by atoms with Crippen molar-refractivity contribution in [2.45, 2.75) is 11.8 Å². The maximum absolute atomic E-state index is 5.67. The Hall–Kier alpha value is -1.75. The van der Waals surface area contributed by atoms with E-state index in [0.29, 0.717) is 23.4 Å². The molecule has 0 aliphatic rings. The minimum atomic E-state index is 0.460. The zero-order valence-corrected chi connectivity index (χ0v) is 11.1. The summed E-state index contributed by atoms with van der Waals surface area (Å²) in [5.41, 5.74) is 1.09. The number of thioether (sulfide) groups is 1. The average Bonchev–Trinajstić information content (AvgIpc) is 2.45. The van der Waals surface area contributed by atoms with Gasteiger partial charge in [0.1, 0.15) is 6.61 Å². The minimum absolute atomic E-state index is 0.460. The fourth-order valence-electron chi connectivity index (χ4n) is 1.41. The number of benzene rings is 1. The smallest absolute Gasteiger partial charge is 0.261 e. The van der Waals surface area contributed by atoms with Crippen molar-refractivity contribution in [3.63, 3.8) is 0 Å². The fourth-order valence-corrected chi connectivity index (χ4v) is 1.74. The van der Waals surface area contributed by atoms with Crippen LogP contribution in [0.1, 0.15) is 5.56 Å². The molecule has 2 rings (SSSR count). The molecule has 0 aliphatic carbocycles. The summed E-state index contributed by atoms with van der Waals surface area (Å²) in [5, 5.41) is 0.666. The molecule has 0 radical (unpaired) electrons. The third-order valence-electron chi connectivity index (χ3n) is 2.32. The van der Waals surface area contributed by atoms with Crippen molar-refractivity contribution in [2.75, 3.05) is 13.4 Å². The van der Waals surface area contributed by atoms with Gasteiger partial charge in [0.2, 0.25) is 0 Å². The average molecular weight is 262 g/mol. The van der Waals surface area contributed by atoms with Crippen LogP contribution in [0.2, 0.25) is 0 Å². The molecule has 0 amide bonds. The molecule has 0 aliphatic heterocycles. The lowest BCUT2D eigenvalue weighted by molar-refractivity contribution is 0.268. The molecular formula is C13H14N2O2S. The summed E-state index contributed by atoms with van der Waals surface area (Å²) in [7, 11) is 1.58. The van der Waals surface area contributed by atoms with Crippen molar-refractivity contribution in [2.24, 2.45) is 0 Å².